The predicted molar refractivity (Wildman–Crippen MR) is 132 cm³/mol. The molecule has 0 spiro atoms. The van der Waals surface area contributed by atoms with E-state index in [1.54, 1.807) is 18.2 Å². The minimum Gasteiger partial charge on any atom is -0.497 e. The van der Waals surface area contributed by atoms with Crippen molar-refractivity contribution in [2.24, 2.45) is 0 Å². The molecule has 36 heavy (non-hydrogen) atoms. The fraction of sp³-hybridized carbons (Fsp3) is 0.179. The van der Waals surface area contributed by atoms with Crippen LogP contribution in [0.4, 0.5) is 4.79 Å². The van der Waals surface area contributed by atoms with Gasteiger partial charge in [-0.1, -0.05) is 48.5 Å². The lowest BCUT2D eigenvalue weighted by atomic mass is 9.98. The summed E-state index contributed by atoms with van der Waals surface area (Å²) in [5.41, 5.74) is 4.36. The first-order valence-electron chi connectivity index (χ1n) is 11.4. The molecule has 8 heteroatoms. The Hall–Kier alpha value is -4.59. The van der Waals surface area contributed by atoms with Gasteiger partial charge in [0.25, 0.3) is 0 Å². The Morgan fingerprint density at radius 2 is 1.67 bits per heavy atom. The first-order valence-corrected chi connectivity index (χ1v) is 11.4. The number of carbonyl (C=O) groups is 2. The second kappa shape index (κ2) is 9.58. The average molecular weight is 485 g/mol. The van der Waals surface area contributed by atoms with E-state index in [9.17, 15) is 19.5 Å². The second-order valence-electron chi connectivity index (χ2n) is 8.52. The molecule has 0 saturated heterocycles. The Morgan fingerprint density at radius 1 is 1.00 bits per heavy atom. The third kappa shape index (κ3) is 4.40. The fourth-order valence-electron chi connectivity index (χ4n) is 4.71. The van der Waals surface area contributed by atoms with Gasteiger partial charge in [0, 0.05) is 29.9 Å². The van der Waals surface area contributed by atoms with Gasteiger partial charge >= 0.3 is 17.7 Å². The number of methoxy groups -OCH3 is 1. The molecule has 1 aliphatic carbocycles. The number of aliphatic carboxylic acids is 1. The molecule has 5 rings (SSSR count). The maximum Gasteiger partial charge on any atom is 0.407 e. The molecule has 1 aromatic heterocycles. The number of benzene rings is 3. The Bertz CT molecular complexity index is 1480. The molecule has 4 aromatic rings. The Labute approximate surface area is 206 Å². The summed E-state index contributed by atoms with van der Waals surface area (Å²) in [6.45, 7) is 0.0594. The highest BCUT2D eigenvalue weighted by atomic mass is 16.5. The van der Waals surface area contributed by atoms with Gasteiger partial charge < -0.3 is 24.3 Å². The number of ether oxygens (including phenoxy) is 2. The van der Waals surface area contributed by atoms with Crippen molar-refractivity contribution < 1.29 is 28.6 Å². The lowest BCUT2D eigenvalue weighted by molar-refractivity contribution is -0.139. The van der Waals surface area contributed by atoms with Gasteiger partial charge in [-0.25, -0.2) is 14.4 Å². The van der Waals surface area contributed by atoms with Crippen molar-refractivity contribution in [2.45, 2.75) is 18.4 Å². The predicted octanol–water partition coefficient (Wildman–Crippen LogP) is 4.34. The smallest absolute Gasteiger partial charge is 0.407 e. The van der Waals surface area contributed by atoms with Gasteiger partial charge in [0.15, 0.2) is 0 Å². The highest BCUT2D eigenvalue weighted by Crippen LogP contribution is 2.44. The number of hydrogen-bond donors (Lipinski definition) is 2. The number of carboxylic acids is 1. The van der Waals surface area contributed by atoms with Crippen molar-refractivity contribution in [1.82, 2.24) is 5.32 Å². The number of nitrogens with one attached hydrogen (secondary N) is 1. The largest absolute Gasteiger partial charge is 0.497 e. The van der Waals surface area contributed by atoms with Crippen molar-refractivity contribution in [3.05, 3.63) is 99.9 Å². The number of carbonyl (C=O) groups excluding carboxylic acids is 1. The summed E-state index contributed by atoms with van der Waals surface area (Å²) in [6.07, 6.45) is -0.980. The van der Waals surface area contributed by atoms with E-state index in [1.165, 1.54) is 13.2 Å². The van der Waals surface area contributed by atoms with E-state index in [0.29, 0.717) is 16.7 Å². The number of fused-ring (bicyclic) bond motifs is 4. The Morgan fingerprint density at radius 3 is 2.31 bits per heavy atom. The molecule has 0 unspecified atom stereocenters. The molecular formula is C28H23NO7. The molecule has 1 aliphatic rings. The Balaban J connectivity index is 1.32. The lowest BCUT2D eigenvalue weighted by Crippen LogP contribution is -2.43. The van der Waals surface area contributed by atoms with Crippen LogP contribution in [0.2, 0.25) is 0 Å². The van der Waals surface area contributed by atoms with Crippen LogP contribution in [0.1, 0.15) is 22.6 Å². The number of hydrogen-bond acceptors (Lipinski definition) is 6. The number of carboxylic acid groups (broad SMARTS) is 1. The normalized spacial score (nSPS) is 13.0. The number of rotatable bonds is 7. The third-order valence-corrected chi connectivity index (χ3v) is 6.40. The van der Waals surface area contributed by atoms with Gasteiger partial charge in [0.05, 0.1) is 7.11 Å². The lowest BCUT2D eigenvalue weighted by Gasteiger charge is -2.18. The summed E-state index contributed by atoms with van der Waals surface area (Å²) >= 11 is 0. The van der Waals surface area contributed by atoms with E-state index in [4.69, 9.17) is 13.9 Å². The van der Waals surface area contributed by atoms with Crippen molar-refractivity contribution in [1.29, 1.82) is 0 Å². The Kier molecular flexibility index (Phi) is 6.16. The first kappa shape index (κ1) is 23.2. The van der Waals surface area contributed by atoms with Crippen LogP contribution >= 0.6 is 0 Å². The van der Waals surface area contributed by atoms with Crippen LogP contribution in [0, 0.1) is 0 Å². The average Bonchev–Trinajstić information content (AvgIpc) is 3.20. The maximum absolute atomic E-state index is 12.6. The van der Waals surface area contributed by atoms with E-state index >= 15 is 0 Å². The summed E-state index contributed by atoms with van der Waals surface area (Å²) in [4.78, 5) is 36.7. The summed E-state index contributed by atoms with van der Waals surface area (Å²) in [7, 11) is 1.49. The van der Waals surface area contributed by atoms with Crippen LogP contribution in [-0.2, 0) is 16.0 Å². The molecule has 1 atom stereocenters. The highest BCUT2D eigenvalue weighted by Gasteiger charge is 2.30. The molecule has 8 nitrogen and oxygen atoms in total. The molecule has 1 amide bonds. The summed E-state index contributed by atoms with van der Waals surface area (Å²) in [6, 6.07) is 20.7. The monoisotopic (exact) mass is 485 g/mol. The molecule has 0 radical (unpaired) electrons. The van der Waals surface area contributed by atoms with Crippen LogP contribution in [0.3, 0.4) is 0 Å². The van der Waals surface area contributed by atoms with Crippen LogP contribution in [0.5, 0.6) is 5.75 Å². The second-order valence-corrected chi connectivity index (χ2v) is 8.52. The molecular weight excluding hydrogens is 462 g/mol. The van der Waals surface area contributed by atoms with Crippen LogP contribution in [0.15, 0.2) is 82.0 Å². The van der Waals surface area contributed by atoms with Gasteiger partial charge in [-0.3, -0.25) is 0 Å². The summed E-state index contributed by atoms with van der Waals surface area (Å²) in [5, 5.41) is 12.7. The molecule has 3 aromatic carbocycles. The highest BCUT2D eigenvalue weighted by molar-refractivity contribution is 5.85. The van der Waals surface area contributed by atoms with Gasteiger partial charge in [-0.15, -0.1) is 0 Å². The van der Waals surface area contributed by atoms with Crippen molar-refractivity contribution in [3.63, 3.8) is 0 Å². The minimum absolute atomic E-state index is 0.0594. The SMILES string of the molecule is COc1ccc2c(C[C@@H](NC(=O)OCC3c4ccccc4-c4ccccc43)C(=O)O)cc(=O)oc2c1. The van der Waals surface area contributed by atoms with Gasteiger partial charge in [0.2, 0.25) is 0 Å². The first-order chi connectivity index (χ1) is 17.4. The maximum atomic E-state index is 12.6. The topological polar surface area (TPSA) is 115 Å². The third-order valence-electron chi connectivity index (χ3n) is 6.40. The quantitative estimate of drug-likeness (QED) is 0.374. The van der Waals surface area contributed by atoms with Crippen molar-refractivity contribution in [2.75, 3.05) is 13.7 Å². The van der Waals surface area contributed by atoms with Crippen molar-refractivity contribution in [3.8, 4) is 16.9 Å². The van der Waals surface area contributed by atoms with E-state index in [1.807, 2.05) is 48.5 Å². The van der Waals surface area contributed by atoms with Crippen LogP contribution in [0.25, 0.3) is 22.1 Å². The molecule has 0 fully saturated rings. The number of alkyl carbamates (subject to hydrolysis) is 1. The van der Waals surface area contributed by atoms with E-state index < -0.39 is 23.7 Å². The van der Waals surface area contributed by atoms with Gasteiger partial charge in [-0.05, 0) is 39.9 Å². The molecule has 0 saturated carbocycles. The number of amides is 1. The summed E-state index contributed by atoms with van der Waals surface area (Å²) < 4.78 is 15.9. The zero-order valence-electron chi connectivity index (χ0n) is 19.4. The standard InChI is InChI=1S/C28H23NO7/c1-34-17-10-11-18-16(13-26(30)36-25(18)14-17)12-24(27(31)32)29-28(33)35-15-23-21-8-4-2-6-19(21)20-7-3-5-9-22(20)23/h2-11,13-14,23-24H,12,15H2,1H3,(H,29,33)(H,31,32)/t24-/m1/s1. The van der Waals surface area contributed by atoms with Gasteiger partial charge in [0.1, 0.15) is 24.0 Å². The van der Waals surface area contributed by atoms with E-state index in [-0.39, 0.29) is 24.5 Å². The zero-order valence-corrected chi connectivity index (χ0v) is 19.4. The summed E-state index contributed by atoms with van der Waals surface area (Å²) in [5.74, 6) is -0.906. The van der Waals surface area contributed by atoms with E-state index in [0.717, 1.165) is 22.3 Å². The van der Waals surface area contributed by atoms with Crippen molar-refractivity contribution >= 4 is 23.0 Å². The molecule has 182 valence electrons. The molecule has 0 aliphatic heterocycles. The molecule has 1 heterocycles. The zero-order chi connectivity index (χ0) is 25.2. The van der Waals surface area contributed by atoms with Gasteiger partial charge in [-0.2, -0.15) is 0 Å². The molecule has 0 bridgehead atoms. The fourth-order valence-corrected chi connectivity index (χ4v) is 4.71. The molecule has 2 N–H and O–H groups in total. The van der Waals surface area contributed by atoms with Crippen LogP contribution < -0.4 is 15.7 Å². The van der Waals surface area contributed by atoms with E-state index in [2.05, 4.69) is 5.32 Å². The minimum atomic E-state index is -1.31. The van der Waals surface area contributed by atoms with Crippen LogP contribution in [-0.4, -0.2) is 36.9 Å².